The maximum atomic E-state index is 12.1. The van der Waals surface area contributed by atoms with E-state index in [9.17, 15) is 4.21 Å². The van der Waals surface area contributed by atoms with Crippen molar-refractivity contribution in [2.75, 3.05) is 51.8 Å². The molecule has 5 heteroatoms. The second-order valence-corrected chi connectivity index (χ2v) is 7.66. The van der Waals surface area contributed by atoms with E-state index < -0.39 is 9.73 Å². The van der Waals surface area contributed by atoms with E-state index in [4.69, 9.17) is 0 Å². The molecule has 0 aliphatic carbocycles. The number of likely N-dealkylation sites (N-methyl/N-ethyl adjacent to an activating group) is 1. The van der Waals surface area contributed by atoms with E-state index >= 15 is 0 Å². The lowest BCUT2D eigenvalue weighted by molar-refractivity contribution is 0.106. The van der Waals surface area contributed by atoms with Gasteiger partial charge >= 0.3 is 0 Å². The standard InChI is InChI=1S/C11H23N3OS/c1-12-16(15)9-3-11(4-10-16)14-7-5-13(2)6-8-14/h11H,3-10H2,1-2H3. The molecule has 2 aliphatic heterocycles. The van der Waals surface area contributed by atoms with Crippen LogP contribution in [-0.2, 0) is 9.73 Å². The van der Waals surface area contributed by atoms with E-state index in [-0.39, 0.29) is 0 Å². The molecule has 0 spiro atoms. The number of hydrogen-bond acceptors (Lipinski definition) is 4. The summed E-state index contributed by atoms with van der Waals surface area (Å²) in [6, 6.07) is 0.657. The largest absolute Gasteiger partial charge is 0.304 e. The summed E-state index contributed by atoms with van der Waals surface area (Å²) in [5.74, 6) is 1.61. The quantitative estimate of drug-likeness (QED) is 0.675. The summed E-state index contributed by atoms with van der Waals surface area (Å²) < 4.78 is 16.1. The van der Waals surface area contributed by atoms with Crippen LogP contribution in [0.15, 0.2) is 4.36 Å². The molecule has 2 saturated heterocycles. The molecule has 0 N–H and O–H groups in total. The van der Waals surface area contributed by atoms with Crippen LogP contribution in [0.25, 0.3) is 0 Å². The second-order valence-electron chi connectivity index (χ2n) is 4.93. The molecule has 2 aliphatic rings. The zero-order chi connectivity index (χ0) is 11.6. The molecule has 2 fully saturated rings. The van der Waals surface area contributed by atoms with Crippen molar-refractivity contribution in [3.8, 4) is 0 Å². The first-order valence-electron chi connectivity index (χ1n) is 6.16. The van der Waals surface area contributed by atoms with Crippen molar-refractivity contribution in [2.24, 2.45) is 4.36 Å². The van der Waals surface area contributed by atoms with Crippen molar-refractivity contribution in [3.63, 3.8) is 0 Å². The summed E-state index contributed by atoms with van der Waals surface area (Å²) in [7, 11) is 2.07. The molecule has 2 rings (SSSR count). The van der Waals surface area contributed by atoms with Gasteiger partial charge in [0, 0.05) is 60.5 Å². The molecule has 0 aromatic rings. The first kappa shape index (κ1) is 12.3. The minimum absolute atomic E-state index is 0.657. The molecular formula is C11H23N3OS. The SMILES string of the molecule is CN=S1(=O)CCC(N2CCN(C)CC2)CC1. The minimum atomic E-state index is -1.82. The number of nitrogens with zero attached hydrogens (tertiary/aromatic N) is 3. The Morgan fingerprint density at radius 1 is 1.12 bits per heavy atom. The van der Waals surface area contributed by atoms with Gasteiger partial charge < -0.3 is 4.90 Å². The lowest BCUT2D eigenvalue weighted by atomic mass is 10.1. The summed E-state index contributed by atoms with van der Waals surface area (Å²) in [6.45, 7) is 4.69. The van der Waals surface area contributed by atoms with Crippen LogP contribution >= 0.6 is 0 Å². The zero-order valence-electron chi connectivity index (χ0n) is 10.4. The van der Waals surface area contributed by atoms with Crippen LogP contribution in [0.5, 0.6) is 0 Å². The average molecular weight is 245 g/mol. The zero-order valence-corrected chi connectivity index (χ0v) is 11.2. The van der Waals surface area contributed by atoms with Gasteiger partial charge in [-0.1, -0.05) is 0 Å². The van der Waals surface area contributed by atoms with Crippen molar-refractivity contribution in [3.05, 3.63) is 0 Å². The fourth-order valence-corrected chi connectivity index (χ4v) is 4.47. The highest BCUT2D eigenvalue weighted by molar-refractivity contribution is 7.93. The Morgan fingerprint density at radius 3 is 2.19 bits per heavy atom. The fourth-order valence-electron chi connectivity index (χ4n) is 2.62. The third-order valence-electron chi connectivity index (χ3n) is 3.93. The van der Waals surface area contributed by atoms with E-state index in [2.05, 4.69) is 21.2 Å². The van der Waals surface area contributed by atoms with Gasteiger partial charge in [0.2, 0.25) is 0 Å². The minimum Gasteiger partial charge on any atom is -0.304 e. The van der Waals surface area contributed by atoms with Crippen molar-refractivity contribution < 1.29 is 4.21 Å². The first-order chi connectivity index (χ1) is 7.63. The highest BCUT2D eigenvalue weighted by Crippen LogP contribution is 2.20. The molecule has 0 bridgehead atoms. The Labute approximate surface area is 99.2 Å². The van der Waals surface area contributed by atoms with E-state index in [1.807, 2.05) is 0 Å². The summed E-state index contributed by atoms with van der Waals surface area (Å²) in [4.78, 5) is 4.96. The molecular weight excluding hydrogens is 222 g/mol. The fraction of sp³-hybridized carbons (Fsp3) is 1.00. The maximum Gasteiger partial charge on any atom is 0.0466 e. The van der Waals surface area contributed by atoms with E-state index in [0.29, 0.717) is 6.04 Å². The Hall–Kier alpha value is -0.130. The Kier molecular flexibility index (Phi) is 3.87. The predicted molar refractivity (Wildman–Crippen MR) is 68.3 cm³/mol. The van der Waals surface area contributed by atoms with Gasteiger partial charge in [-0.2, -0.15) is 0 Å². The van der Waals surface area contributed by atoms with Crippen LogP contribution in [0.2, 0.25) is 0 Å². The van der Waals surface area contributed by atoms with Gasteiger partial charge in [-0.15, -0.1) is 0 Å². The maximum absolute atomic E-state index is 12.1. The third-order valence-corrected chi connectivity index (χ3v) is 6.34. The van der Waals surface area contributed by atoms with Crippen LogP contribution in [0.1, 0.15) is 12.8 Å². The van der Waals surface area contributed by atoms with Crippen molar-refractivity contribution in [1.29, 1.82) is 0 Å². The topological polar surface area (TPSA) is 35.9 Å². The smallest absolute Gasteiger partial charge is 0.0466 e. The van der Waals surface area contributed by atoms with Gasteiger partial charge in [0.15, 0.2) is 0 Å². The van der Waals surface area contributed by atoms with Crippen LogP contribution in [0.3, 0.4) is 0 Å². The van der Waals surface area contributed by atoms with Gasteiger partial charge in [0.1, 0.15) is 0 Å². The highest BCUT2D eigenvalue weighted by atomic mass is 32.2. The molecule has 0 unspecified atom stereocenters. The summed E-state index contributed by atoms with van der Waals surface area (Å²) in [5, 5.41) is 0. The second kappa shape index (κ2) is 5.02. The molecule has 0 amide bonds. The number of rotatable bonds is 1. The monoisotopic (exact) mass is 245 g/mol. The average Bonchev–Trinajstić information content (AvgIpc) is 2.32. The molecule has 4 nitrogen and oxygen atoms in total. The van der Waals surface area contributed by atoms with E-state index in [1.54, 1.807) is 7.05 Å². The summed E-state index contributed by atoms with van der Waals surface area (Å²) in [6.07, 6.45) is 2.14. The molecule has 0 saturated carbocycles. The molecule has 0 atom stereocenters. The third kappa shape index (κ3) is 2.76. The van der Waals surface area contributed by atoms with Crippen molar-refractivity contribution in [2.45, 2.75) is 18.9 Å². The molecule has 16 heavy (non-hydrogen) atoms. The Balaban J connectivity index is 1.88. The van der Waals surface area contributed by atoms with Crippen molar-refractivity contribution in [1.82, 2.24) is 9.80 Å². The molecule has 2 heterocycles. The summed E-state index contributed by atoms with van der Waals surface area (Å²) >= 11 is 0. The highest BCUT2D eigenvalue weighted by Gasteiger charge is 2.28. The van der Waals surface area contributed by atoms with Gasteiger partial charge in [0.05, 0.1) is 0 Å². The molecule has 0 aromatic heterocycles. The normalized spacial score (nSPS) is 38.5. The van der Waals surface area contributed by atoms with Gasteiger partial charge in [-0.25, -0.2) is 8.57 Å². The van der Waals surface area contributed by atoms with Gasteiger partial charge in [-0.05, 0) is 19.9 Å². The van der Waals surface area contributed by atoms with Gasteiger partial charge in [-0.3, -0.25) is 4.90 Å². The predicted octanol–water partition coefficient (Wildman–Crippen LogP) is 0.494. The number of hydrogen-bond donors (Lipinski definition) is 0. The van der Waals surface area contributed by atoms with Gasteiger partial charge in [0.25, 0.3) is 0 Å². The molecule has 94 valence electrons. The van der Waals surface area contributed by atoms with E-state index in [0.717, 1.165) is 24.3 Å². The molecule has 0 radical (unpaired) electrons. The van der Waals surface area contributed by atoms with Crippen LogP contribution in [0.4, 0.5) is 0 Å². The van der Waals surface area contributed by atoms with Crippen LogP contribution in [0, 0.1) is 0 Å². The van der Waals surface area contributed by atoms with E-state index in [1.165, 1.54) is 26.2 Å². The lowest BCUT2D eigenvalue weighted by Gasteiger charge is -2.40. The lowest BCUT2D eigenvalue weighted by Crippen LogP contribution is -2.51. The van der Waals surface area contributed by atoms with Crippen LogP contribution < -0.4 is 0 Å². The van der Waals surface area contributed by atoms with Crippen molar-refractivity contribution >= 4 is 9.73 Å². The summed E-state index contributed by atoms with van der Waals surface area (Å²) in [5.41, 5.74) is 0. The number of piperazine rings is 1. The Morgan fingerprint density at radius 2 is 1.69 bits per heavy atom. The Bertz CT molecular complexity index is 327. The first-order valence-corrected chi connectivity index (χ1v) is 8.01. The molecule has 0 aromatic carbocycles. The van der Waals surface area contributed by atoms with Crippen LogP contribution in [-0.4, -0.2) is 71.8 Å².